The summed E-state index contributed by atoms with van der Waals surface area (Å²) in [5, 5.41) is 0. The van der Waals surface area contributed by atoms with Gasteiger partial charge in [0.15, 0.2) is 0 Å². The van der Waals surface area contributed by atoms with Gasteiger partial charge in [-0.15, -0.1) is 0 Å². The maximum atomic E-state index is 13.4. The summed E-state index contributed by atoms with van der Waals surface area (Å²) in [6.45, 7) is 15.9. The second kappa shape index (κ2) is 7.95. The van der Waals surface area contributed by atoms with E-state index in [1.807, 2.05) is 23.1 Å². The fourth-order valence-electron chi connectivity index (χ4n) is 4.38. The van der Waals surface area contributed by atoms with Crippen LogP contribution in [-0.4, -0.2) is 10.8 Å². The van der Waals surface area contributed by atoms with Crippen LogP contribution in [0.25, 0.3) is 0 Å². The van der Waals surface area contributed by atoms with Gasteiger partial charge in [-0.05, 0) is 34.4 Å². The lowest BCUT2D eigenvalue weighted by Crippen LogP contribution is -2.29. The topological polar surface area (TPSA) is 20.3 Å². The van der Waals surface area contributed by atoms with E-state index in [1.54, 1.807) is 0 Å². The van der Waals surface area contributed by atoms with E-state index in [4.69, 9.17) is 0 Å². The highest BCUT2D eigenvalue weighted by Gasteiger charge is 2.44. The van der Waals surface area contributed by atoms with E-state index >= 15 is 0 Å². The zero-order valence-electron chi connectivity index (χ0n) is 17.9. The first-order valence-electron chi connectivity index (χ1n) is 10.4. The summed E-state index contributed by atoms with van der Waals surface area (Å²) in [5.41, 5.74) is 4.82. The summed E-state index contributed by atoms with van der Waals surface area (Å²) in [7, 11) is 0. The average molecular weight is 376 g/mol. The number of allylic oxidation sites excluding steroid dienone is 1. The van der Waals surface area contributed by atoms with Gasteiger partial charge in [-0.3, -0.25) is 4.79 Å². The number of hydrogen-bond donors (Lipinski definition) is 0. The SMILES string of the molecule is C=C1C(C)C(C(CC)c2ccc(C(C)(C)C)cc2)C(=O)N1Cc1ccccc1. The van der Waals surface area contributed by atoms with Gasteiger partial charge in [-0.2, -0.15) is 0 Å². The minimum atomic E-state index is -0.0401. The first-order valence-corrected chi connectivity index (χ1v) is 10.4. The van der Waals surface area contributed by atoms with Crippen molar-refractivity contribution >= 4 is 5.91 Å². The molecule has 1 aliphatic rings. The number of likely N-dealkylation sites (tertiary alicyclic amines) is 1. The highest BCUT2D eigenvalue weighted by atomic mass is 16.2. The fourth-order valence-corrected chi connectivity index (χ4v) is 4.38. The molecule has 2 heteroatoms. The van der Waals surface area contributed by atoms with Crippen molar-refractivity contribution in [2.75, 3.05) is 0 Å². The van der Waals surface area contributed by atoms with Crippen molar-refractivity contribution in [2.24, 2.45) is 11.8 Å². The molecule has 0 N–H and O–H groups in total. The molecule has 1 heterocycles. The number of nitrogens with zero attached hydrogens (tertiary/aromatic N) is 1. The molecule has 28 heavy (non-hydrogen) atoms. The summed E-state index contributed by atoms with van der Waals surface area (Å²) >= 11 is 0. The van der Waals surface area contributed by atoms with Crippen LogP contribution >= 0.6 is 0 Å². The summed E-state index contributed by atoms with van der Waals surface area (Å²) in [6.07, 6.45) is 0.946. The van der Waals surface area contributed by atoms with Gasteiger partial charge < -0.3 is 4.90 Å². The Kier molecular flexibility index (Phi) is 5.79. The van der Waals surface area contributed by atoms with Crippen molar-refractivity contribution in [3.8, 4) is 0 Å². The van der Waals surface area contributed by atoms with Gasteiger partial charge in [0, 0.05) is 11.6 Å². The van der Waals surface area contributed by atoms with Gasteiger partial charge in [0.25, 0.3) is 0 Å². The number of benzene rings is 2. The monoisotopic (exact) mass is 375 g/mol. The Morgan fingerprint density at radius 2 is 1.64 bits per heavy atom. The normalized spacial score (nSPS) is 21.2. The van der Waals surface area contributed by atoms with E-state index < -0.39 is 0 Å². The summed E-state index contributed by atoms with van der Waals surface area (Å²) in [6, 6.07) is 19.1. The van der Waals surface area contributed by atoms with Gasteiger partial charge in [-0.1, -0.05) is 95.8 Å². The van der Waals surface area contributed by atoms with E-state index in [9.17, 15) is 4.79 Å². The second-order valence-corrected chi connectivity index (χ2v) is 9.10. The molecular formula is C26H33NO. The number of rotatable bonds is 5. The van der Waals surface area contributed by atoms with E-state index in [0.717, 1.165) is 17.7 Å². The maximum Gasteiger partial charge on any atom is 0.231 e. The van der Waals surface area contributed by atoms with Crippen molar-refractivity contribution in [2.45, 2.75) is 58.9 Å². The standard InChI is InChI=1S/C26H33NO/c1-7-23(21-13-15-22(16-14-21)26(4,5)6)24-18(2)19(3)27(25(24)28)17-20-11-9-8-10-12-20/h8-16,18,23-24H,3,7,17H2,1-2,4-6H3. The predicted molar refractivity (Wildman–Crippen MR) is 117 cm³/mol. The molecule has 2 nitrogen and oxygen atoms in total. The van der Waals surface area contributed by atoms with Crippen molar-refractivity contribution in [1.82, 2.24) is 4.90 Å². The van der Waals surface area contributed by atoms with Gasteiger partial charge in [-0.25, -0.2) is 0 Å². The van der Waals surface area contributed by atoms with Crippen LogP contribution in [0.4, 0.5) is 0 Å². The first-order chi connectivity index (χ1) is 13.2. The molecule has 3 unspecified atom stereocenters. The highest BCUT2D eigenvalue weighted by molar-refractivity contribution is 5.85. The zero-order valence-corrected chi connectivity index (χ0v) is 17.9. The Labute approximate surface area is 170 Å². The van der Waals surface area contributed by atoms with Crippen LogP contribution in [0, 0.1) is 11.8 Å². The minimum absolute atomic E-state index is 0.0401. The molecule has 0 bridgehead atoms. The molecule has 148 valence electrons. The lowest BCUT2D eigenvalue weighted by molar-refractivity contribution is -0.131. The van der Waals surface area contributed by atoms with E-state index in [2.05, 4.69) is 77.6 Å². The molecule has 2 aromatic rings. The number of hydrogen-bond acceptors (Lipinski definition) is 1. The number of carbonyl (C=O) groups is 1. The molecular weight excluding hydrogens is 342 g/mol. The molecule has 3 atom stereocenters. The average Bonchev–Trinajstić information content (AvgIpc) is 2.87. The van der Waals surface area contributed by atoms with Gasteiger partial charge in [0.1, 0.15) is 0 Å². The van der Waals surface area contributed by atoms with Crippen LogP contribution in [0.2, 0.25) is 0 Å². The first kappa shape index (κ1) is 20.4. The van der Waals surface area contributed by atoms with Crippen molar-refractivity contribution in [1.29, 1.82) is 0 Å². The van der Waals surface area contributed by atoms with Crippen LogP contribution in [0.3, 0.4) is 0 Å². The molecule has 0 aromatic heterocycles. The van der Waals surface area contributed by atoms with Gasteiger partial charge in [0.2, 0.25) is 5.91 Å². The fraction of sp³-hybridized carbons (Fsp3) is 0.423. The third-order valence-electron chi connectivity index (χ3n) is 6.22. The Hall–Kier alpha value is -2.35. The molecule has 0 aliphatic carbocycles. The largest absolute Gasteiger partial charge is 0.312 e. The molecule has 3 rings (SSSR count). The Morgan fingerprint density at radius 1 is 1.04 bits per heavy atom. The second-order valence-electron chi connectivity index (χ2n) is 9.10. The lowest BCUT2D eigenvalue weighted by Gasteiger charge is -2.26. The maximum absolute atomic E-state index is 13.4. The molecule has 0 saturated carbocycles. The lowest BCUT2D eigenvalue weighted by atomic mass is 9.77. The molecule has 0 spiro atoms. The Bertz CT molecular complexity index is 829. The molecule has 1 amide bonds. The zero-order chi connectivity index (χ0) is 20.5. The molecule has 0 radical (unpaired) electrons. The van der Waals surface area contributed by atoms with E-state index in [1.165, 1.54) is 11.1 Å². The number of amides is 1. The molecule has 1 aliphatic heterocycles. The van der Waals surface area contributed by atoms with Crippen molar-refractivity contribution in [3.05, 3.63) is 83.6 Å². The van der Waals surface area contributed by atoms with Crippen LogP contribution in [0.15, 0.2) is 66.9 Å². The van der Waals surface area contributed by atoms with Crippen molar-refractivity contribution in [3.63, 3.8) is 0 Å². The predicted octanol–water partition coefficient (Wildman–Crippen LogP) is 6.29. The molecule has 1 saturated heterocycles. The summed E-state index contributed by atoms with van der Waals surface area (Å²) in [4.78, 5) is 15.3. The molecule has 2 aromatic carbocycles. The van der Waals surface area contributed by atoms with E-state index in [0.29, 0.717) is 6.54 Å². The van der Waals surface area contributed by atoms with Crippen molar-refractivity contribution < 1.29 is 4.79 Å². The Morgan fingerprint density at radius 3 is 2.18 bits per heavy atom. The third-order valence-corrected chi connectivity index (χ3v) is 6.22. The van der Waals surface area contributed by atoms with Gasteiger partial charge in [0.05, 0.1) is 12.5 Å². The summed E-state index contributed by atoms with van der Waals surface area (Å²) < 4.78 is 0. The van der Waals surface area contributed by atoms with Crippen LogP contribution in [0.5, 0.6) is 0 Å². The Balaban J connectivity index is 1.86. The third kappa shape index (κ3) is 3.92. The molecule has 1 fully saturated rings. The van der Waals surface area contributed by atoms with Crippen LogP contribution < -0.4 is 0 Å². The van der Waals surface area contributed by atoms with E-state index in [-0.39, 0.29) is 29.1 Å². The minimum Gasteiger partial charge on any atom is -0.312 e. The summed E-state index contributed by atoms with van der Waals surface area (Å²) in [5.74, 6) is 0.548. The van der Waals surface area contributed by atoms with Crippen LogP contribution in [0.1, 0.15) is 63.6 Å². The quantitative estimate of drug-likeness (QED) is 0.602. The smallest absolute Gasteiger partial charge is 0.231 e. The highest BCUT2D eigenvalue weighted by Crippen LogP contribution is 2.44. The van der Waals surface area contributed by atoms with Gasteiger partial charge >= 0.3 is 0 Å². The number of carbonyl (C=O) groups excluding carboxylic acids is 1. The van der Waals surface area contributed by atoms with Crippen LogP contribution in [-0.2, 0) is 16.8 Å².